The van der Waals surface area contributed by atoms with Crippen LogP contribution in [0.5, 0.6) is 0 Å². The number of rotatable bonds is 10. The van der Waals surface area contributed by atoms with Crippen LogP contribution in [0, 0.1) is 5.92 Å². The lowest BCUT2D eigenvalue weighted by molar-refractivity contribution is -0.145. The maximum atomic E-state index is 11.2. The van der Waals surface area contributed by atoms with E-state index in [1.54, 1.807) is 0 Å². The summed E-state index contributed by atoms with van der Waals surface area (Å²) in [7, 11) is 0. The molecule has 10 nitrogen and oxygen atoms in total. The second-order valence-electron chi connectivity index (χ2n) is 6.01. The van der Waals surface area contributed by atoms with Gasteiger partial charge in [-0.2, -0.15) is 0 Å². The first-order valence-corrected chi connectivity index (χ1v) is 7.50. The third-order valence-corrected chi connectivity index (χ3v) is 4.31. The van der Waals surface area contributed by atoms with E-state index in [1.165, 1.54) is 0 Å². The van der Waals surface area contributed by atoms with E-state index in [0.29, 0.717) is 6.42 Å². The molecule has 6 N–H and O–H groups in total. The Morgan fingerprint density at radius 1 is 0.917 bits per heavy atom. The van der Waals surface area contributed by atoms with Crippen LogP contribution in [0.15, 0.2) is 0 Å². The molecular formula is C14H22N2O8. The Balaban J connectivity index is 2.95. The maximum absolute atomic E-state index is 11.2. The molecule has 10 heteroatoms. The van der Waals surface area contributed by atoms with Gasteiger partial charge in [-0.3, -0.25) is 19.2 Å². The molecule has 1 aliphatic rings. The van der Waals surface area contributed by atoms with Gasteiger partial charge in [-0.25, -0.2) is 0 Å². The molecule has 0 bridgehead atoms. The summed E-state index contributed by atoms with van der Waals surface area (Å²) in [5.74, 6) is -5.12. The number of aliphatic carboxylic acids is 4. The normalized spacial score (nSPS) is 26.7. The highest BCUT2D eigenvalue weighted by atomic mass is 16.4. The van der Waals surface area contributed by atoms with E-state index in [2.05, 4.69) is 10.6 Å². The average molecular weight is 346 g/mol. The maximum Gasteiger partial charge on any atom is 0.317 e. The lowest BCUT2D eigenvalue weighted by atomic mass is 9.67. The zero-order valence-electron chi connectivity index (χ0n) is 13.0. The molecule has 3 atom stereocenters. The quantitative estimate of drug-likeness (QED) is 0.293. The molecule has 1 rings (SSSR count). The topological polar surface area (TPSA) is 173 Å². The molecule has 0 saturated heterocycles. The number of hydrogen-bond acceptors (Lipinski definition) is 6. The van der Waals surface area contributed by atoms with Crippen molar-refractivity contribution in [2.24, 2.45) is 5.92 Å². The number of carboxylic acid groups (broad SMARTS) is 4. The Morgan fingerprint density at radius 2 is 1.54 bits per heavy atom. The predicted octanol–water partition coefficient (Wildman–Crippen LogP) is -0.808. The van der Waals surface area contributed by atoms with E-state index >= 15 is 0 Å². The number of carbonyl (C=O) groups is 4. The standard InChI is InChI=1S/C14H22N2O8/c17-10(18)4-8-3-9(15-6-12(21)22)1-2-14(8,5-11(19)20)16-7-13(23)24/h8-9,15-16H,1-7H2,(H,17,18)(H,19,20)(H,21,22)(H,23,24). The van der Waals surface area contributed by atoms with E-state index < -0.39 is 48.3 Å². The Kier molecular flexibility index (Phi) is 7.11. The summed E-state index contributed by atoms with van der Waals surface area (Å²) in [5, 5.41) is 41.3. The van der Waals surface area contributed by atoms with Gasteiger partial charge in [-0.15, -0.1) is 0 Å². The smallest absolute Gasteiger partial charge is 0.317 e. The molecule has 0 aromatic heterocycles. The molecule has 136 valence electrons. The van der Waals surface area contributed by atoms with Gasteiger partial charge < -0.3 is 31.1 Å². The second kappa shape index (κ2) is 8.60. The number of nitrogens with one attached hydrogen (secondary N) is 2. The fraction of sp³-hybridized carbons (Fsp3) is 0.714. The van der Waals surface area contributed by atoms with Gasteiger partial charge in [-0.1, -0.05) is 0 Å². The number of hydrogen-bond donors (Lipinski definition) is 6. The Labute approximate surface area is 137 Å². The first-order valence-electron chi connectivity index (χ1n) is 7.50. The minimum atomic E-state index is -1.17. The van der Waals surface area contributed by atoms with Gasteiger partial charge in [0.15, 0.2) is 0 Å². The molecule has 0 amide bonds. The van der Waals surface area contributed by atoms with Crippen molar-refractivity contribution >= 4 is 23.9 Å². The van der Waals surface area contributed by atoms with E-state index in [4.69, 9.17) is 20.4 Å². The number of carboxylic acids is 4. The first-order chi connectivity index (χ1) is 11.1. The fourth-order valence-corrected chi connectivity index (χ4v) is 3.28. The Morgan fingerprint density at radius 3 is 2.04 bits per heavy atom. The zero-order chi connectivity index (χ0) is 18.3. The predicted molar refractivity (Wildman–Crippen MR) is 79.6 cm³/mol. The molecule has 1 aliphatic carbocycles. The lowest BCUT2D eigenvalue weighted by Crippen LogP contribution is -2.59. The van der Waals surface area contributed by atoms with E-state index in [0.717, 1.165) is 0 Å². The van der Waals surface area contributed by atoms with Crippen molar-refractivity contribution in [2.45, 2.75) is 43.7 Å². The minimum absolute atomic E-state index is 0.238. The van der Waals surface area contributed by atoms with Crippen LogP contribution in [0.1, 0.15) is 32.1 Å². The summed E-state index contributed by atoms with van der Waals surface area (Å²) in [5.41, 5.74) is -1.15. The van der Waals surface area contributed by atoms with Crippen LogP contribution in [-0.4, -0.2) is 69.0 Å². The van der Waals surface area contributed by atoms with Crippen LogP contribution >= 0.6 is 0 Å². The van der Waals surface area contributed by atoms with E-state index in [-0.39, 0.29) is 31.8 Å². The summed E-state index contributed by atoms with van der Waals surface area (Å²) in [6.07, 6.45) is 0.180. The largest absolute Gasteiger partial charge is 0.481 e. The van der Waals surface area contributed by atoms with Crippen molar-refractivity contribution in [1.82, 2.24) is 10.6 Å². The SMILES string of the molecule is O=C(O)CNC1CCC(CC(=O)O)(NCC(=O)O)C(CC(=O)O)C1. The summed E-state index contributed by atoms with van der Waals surface area (Å²) in [6, 6.07) is -0.265. The summed E-state index contributed by atoms with van der Waals surface area (Å²) in [6.45, 7) is -0.754. The molecule has 0 radical (unpaired) electrons. The third-order valence-electron chi connectivity index (χ3n) is 4.31. The van der Waals surface area contributed by atoms with Gasteiger partial charge in [-0.05, 0) is 25.2 Å². The van der Waals surface area contributed by atoms with Crippen molar-refractivity contribution in [1.29, 1.82) is 0 Å². The van der Waals surface area contributed by atoms with Crippen molar-refractivity contribution in [2.75, 3.05) is 13.1 Å². The molecule has 1 saturated carbocycles. The first kappa shape index (κ1) is 19.8. The molecular weight excluding hydrogens is 324 g/mol. The summed E-state index contributed by atoms with van der Waals surface area (Å²) >= 11 is 0. The van der Waals surface area contributed by atoms with Gasteiger partial charge in [0.05, 0.1) is 19.5 Å². The van der Waals surface area contributed by atoms with Gasteiger partial charge in [0.25, 0.3) is 0 Å². The molecule has 0 aliphatic heterocycles. The molecule has 0 spiro atoms. The lowest BCUT2D eigenvalue weighted by Gasteiger charge is -2.46. The molecule has 24 heavy (non-hydrogen) atoms. The van der Waals surface area contributed by atoms with Crippen molar-refractivity contribution in [3.8, 4) is 0 Å². The molecule has 3 unspecified atom stereocenters. The van der Waals surface area contributed by atoms with Crippen molar-refractivity contribution in [3.63, 3.8) is 0 Å². The average Bonchev–Trinajstić information content (AvgIpc) is 2.44. The van der Waals surface area contributed by atoms with Gasteiger partial charge in [0.2, 0.25) is 0 Å². The van der Waals surface area contributed by atoms with Gasteiger partial charge in [0, 0.05) is 18.0 Å². The highest BCUT2D eigenvalue weighted by Crippen LogP contribution is 2.38. The minimum Gasteiger partial charge on any atom is -0.481 e. The van der Waals surface area contributed by atoms with E-state index in [9.17, 15) is 19.2 Å². The van der Waals surface area contributed by atoms with Gasteiger partial charge >= 0.3 is 23.9 Å². The van der Waals surface area contributed by atoms with Crippen LogP contribution in [0.25, 0.3) is 0 Å². The van der Waals surface area contributed by atoms with Crippen LogP contribution < -0.4 is 10.6 Å². The van der Waals surface area contributed by atoms with E-state index in [1.807, 2.05) is 0 Å². The molecule has 0 aromatic rings. The second-order valence-corrected chi connectivity index (χ2v) is 6.01. The molecule has 1 fully saturated rings. The molecule has 0 heterocycles. The monoisotopic (exact) mass is 346 g/mol. The van der Waals surface area contributed by atoms with Crippen LogP contribution in [0.2, 0.25) is 0 Å². The highest BCUT2D eigenvalue weighted by Gasteiger charge is 2.45. The van der Waals surface area contributed by atoms with Gasteiger partial charge in [0.1, 0.15) is 0 Å². The van der Waals surface area contributed by atoms with Crippen LogP contribution in [0.4, 0.5) is 0 Å². The summed E-state index contributed by atoms with van der Waals surface area (Å²) < 4.78 is 0. The van der Waals surface area contributed by atoms with Crippen LogP contribution in [0.3, 0.4) is 0 Å². The summed E-state index contributed by atoms with van der Waals surface area (Å²) in [4.78, 5) is 43.8. The Hall–Kier alpha value is -2.20. The third kappa shape index (κ3) is 6.13. The fourth-order valence-electron chi connectivity index (χ4n) is 3.28. The zero-order valence-corrected chi connectivity index (χ0v) is 13.0. The van der Waals surface area contributed by atoms with Crippen LogP contribution in [-0.2, 0) is 19.2 Å². The highest BCUT2D eigenvalue weighted by molar-refractivity contribution is 5.72. The van der Waals surface area contributed by atoms with Crippen molar-refractivity contribution < 1.29 is 39.6 Å². The van der Waals surface area contributed by atoms with Crippen molar-refractivity contribution in [3.05, 3.63) is 0 Å². The molecule has 0 aromatic carbocycles. The Bertz CT molecular complexity index is 509.